The first-order valence-electron chi connectivity index (χ1n) is 8.13. The molecule has 0 saturated heterocycles. The van der Waals surface area contributed by atoms with Crippen LogP contribution in [-0.4, -0.2) is -0.565 Å². The number of hydrogen-bond donors (Lipinski definition) is 0. The van der Waals surface area contributed by atoms with Gasteiger partial charge in [0.2, 0.25) is 0 Å². The fourth-order valence-electron chi connectivity index (χ4n) is 2.34. The van der Waals surface area contributed by atoms with Gasteiger partial charge in [-0.3, -0.25) is 0 Å². The van der Waals surface area contributed by atoms with E-state index >= 15 is 0 Å². The van der Waals surface area contributed by atoms with Crippen LogP contribution in [0.25, 0.3) is 0 Å². The average molecular weight is 604 g/mol. The molecule has 0 heterocycles. The zero-order valence-corrected chi connectivity index (χ0v) is 19.0. The minimum absolute atomic E-state index is 0.449. The first kappa shape index (κ1) is 21.2. The molecule has 116 valence electrons. The van der Waals surface area contributed by atoms with Gasteiger partial charge in [0, 0.05) is 0 Å². The summed E-state index contributed by atoms with van der Waals surface area (Å²) in [6, 6.07) is 0. The van der Waals surface area contributed by atoms with E-state index in [-0.39, 0.29) is 0 Å². The lowest BCUT2D eigenvalue weighted by atomic mass is 10.0. The Morgan fingerprint density at radius 2 is 0.842 bits per heavy atom. The highest BCUT2D eigenvalue weighted by molar-refractivity contribution is 14.3. The van der Waals surface area contributed by atoms with Gasteiger partial charge in [0.1, 0.15) is -0.565 Å². The zero-order chi connectivity index (χ0) is 14.4. The third kappa shape index (κ3) is 20.2. The number of rotatable bonds is 14. The van der Waals surface area contributed by atoms with Crippen molar-refractivity contribution in [1.82, 2.24) is 0 Å². The molecule has 0 radical (unpaired) electrons. The quantitative estimate of drug-likeness (QED) is 0.106. The van der Waals surface area contributed by atoms with Gasteiger partial charge in [-0.25, -0.2) is 0 Å². The van der Waals surface area contributed by atoms with E-state index in [9.17, 15) is 0 Å². The van der Waals surface area contributed by atoms with E-state index in [1.807, 2.05) is 0 Å². The fraction of sp³-hybridized carbons (Fsp3) is 1.00. The number of hydrogen-bond acceptors (Lipinski definition) is 0. The summed E-state index contributed by atoms with van der Waals surface area (Å²) >= 11 is 7.64. The Labute approximate surface area is 162 Å². The van der Waals surface area contributed by atoms with E-state index in [0.29, 0.717) is -0.565 Å². The van der Waals surface area contributed by atoms with E-state index in [1.54, 1.807) is 0 Å². The van der Waals surface area contributed by atoms with Gasteiger partial charge in [0.05, 0.1) is 0 Å². The van der Waals surface area contributed by atoms with Gasteiger partial charge in [-0.05, 0) is 6.42 Å². The van der Waals surface area contributed by atoms with Gasteiger partial charge in [-0.2, -0.15) is 0 Å². The lowest BCUT2D eigenvalue weighted by Crippen LogP contribution is -1.97. The predicted octanol–water partition coefficient (Wildman–Crippen LogP) is 8.43. The first-order chi connectivity index (χ1) is 9.06. The second kappa shape index (κ2) is 15.1. The van der Waals surface area contributed by atoms with Gasteiger partial charge >= 0.3 is 0 Å². The van der Waals surface area contributed by atoms with Crippen LogP contribution in [-0.2, 0) is 0 Å². The van der Waals surface area contributed by atoms with Crippen molar-refractivity contribution >= 4 is 67.8 Å². The molecule has 0 aliphatic heterocycles. The van der Waals surface area contributed by atoms with Crippen molar-refractivity contribution in [2.75, 3.05) is 0 Å². The SMILES string of the molecule is CCCCCCCCCCCCCCCC(I)(I)I. The van der Waals surface area contributed by atoms with Crippen molar-refractivity contribution in [2.24, 2.45) is 0 Å². The van der Waals surface area contributed by atoms with Crippen LogP contribution in [0.15, 0.2) is 0 Å². The Bertz CT molecular complexity index is 175. The molecule has 0 fully saturated rings. The van der Waals surface area contributed by atoms with Crippen LogP contribution in [0.3, 0.4) is 0 Å². The summed E-state index contributed by atoms with van der Waals surface area (Å²) < 4.78 is 0.449. The average Bonchev–Trinajstić information content (AvgIpc) is 2.34. The molecule has 0 atom stereocenters. The number of unbranched alkanes of at least 4 members (excludes halogenated alkanes) is 12. The van der Waals surface area contributed by atoms with Crippen LogP contribution in [0.1, 0.15) is 96.8 Å². The van der Waals surface area contributed by atoms with E-state index in [1.165, 1.54) is 89.9 Å². The molecule has 19 heavy (non-hydrogen) atoms. The van der Waals surface area contributed by atoms with Crippen molar-refractivity contribution in [3.63, 3.8) is 0 Å². The molecule has 0 amide bonds. The zero-order valence-electron chi connectivity index (χ0n) is 12.5. The second-order valence-corrected chi connectivity index (χ2v) is 17.3. The summed E-state index contributed by atoms with van der Waals surface area (Å²) in [5.74, 6) is 0. The van der Waals surface area contributed by atoms with Gasteiger partial charge < -0.3 is 0 Å². The van der Waals surface area contributed by atoms with Crippen molar-refractivity contribution < 1.29 is 0 Å². The van der Waals surface area contributed by atoms with Crippen molar-refractivity contribution in [2.45, 2.75) is 96.3 Å². The monoisotopic (exact) mass is 604 g/mol. The van der Waals surface area contributed by atoms with Gasteiger partial charge in [0.15, 0.2) is 0 Å². The molecule has 0 spiro atoms. The summed E-state index contributed by atoms with van der Waals surface area (Å²) in [5, 5.41) is 0. The van der Waals surface area contributed by atoms with Gasteiger partial charge in [-0.15, -0.1) is 0 Å². The largest absolute Gasteiger partial charge is 0.124 e. The molecule has 0 aromatic carbocycles. The molecule has 3 heteroatoms. The molecule has 0 bridgehead atoms. The topological polar surface area (TPSA) is 0 Å². The Kier molecular flexibility index (Phi) is 16.8. The molecule has 0 aromatic heterocycles. The van der Waals surface area contributed by atoms with Gasteiger partial charge in [-0.1, -0.05) is 158 Å². The first-order valence-corrected chi connectivity index (χ1v) is 11.4. The smallest absolute Gasteiger partial charge is 0.0654 e. The molecule has 0 aromatic rings. The van der Waals surface area contributed by atoms with Crippen molar-refractivity contribution in [1.29, 1.82) is 0 Å². The van der Waals surface area contributed by atoms with Crippen LogP contribution in [0, 0.1) is 0 Å². The van der Waals surface area contributed by atoms with Crippen LogP contribution < -0.4 is 0 Å². The molecular formula is C16H31I3. The molecule has 0 saturated carbocycles. The van der Waals surface area contributed by atoms with E-state index < -0.39 is 0 Å². The van der Waals surface area contributed by atoms with Crippen LogP contribution in [0.2, 0.25) is 0 Å². The number of halogens is 3. The van der Waals surface area contributed by atoms with Crippen LogP contribution in [0.5, 0.6) is 0 Å². The van der Waals surface area contributed by atoms with Crippen molar-refractivity contribution in [3.8, 4) is 0 Å². The Morgan fingerprint density at radius 1 is 0.526 bits per heavy atom. The minimum atomic E-state index is 0.449. The maximum atomic E-state index is 2.55. The summed E-state index contributed by atoms with van der Waals surface area (Å²) in [7, 11) is 0. The minimum Gasteiger partial charge on any atom is -0.0654 e. The maximum absolute atomic E-state index is 2.55. The van der Waals surface area contributed by atoms with Gasteiger partial charge in [0.25, 0.3) is 0 Å². The third-order valence-electron chi connectivity index (χ3n) is 3.56. The summed E-state index contributed by atoms with van der Waals surface area (Å²) in [6.07, 6.45) is 20.2. The molecule has 0 rings (SSSR count). The Hall–Kier alpha value is 2.19. The van der Waals surface area contributed by atoms with Crippen LogP contribution >= 0.6 is 67.8 Å². The summed E-state index contributed by atoms with van der Waals surface area (Å²) in [4.78, 5) is 0. The molecule has 0 nitrogen and oxygen atoms in total. The van der Waals surface area contributed by atoms with E-state index in [4.69, 9.17) is 0 Å². The normalized spacial score (nSPS) is 12.0. The fourth-order valence-corrected chi connectivity index (χ4v) is 3.49. The Morgan fingerprint density at radius 3 is 1.16 bits per heavy atom. The predicted molar refractivity (Wildman–Crippen MR) is 115 cm³/mol. The molecule has 0 aliphatic rings. The molecule has 0 N–H and O–H groups in total. The molecular weight excluding hydrogens is 573 g/mol. The van der Waals surface area contributed by atoms with Crippen molar-refractivity contribution in [3.05, 3.63) is 0 Å². The highest BCUT2D eigenvalue weighted by Crippen LogP contribution is 2.40. The third-order valence-corrected chi connectivity index (χ3v) is 5.18. The summed E-state index contributed by atoms with van der Waals surface area (Å²) in [6.45, 7) is 2.29. The van der Waals surface area contributed by atoms with E-state index in [2.05, 4.69) is 74.7 Å². The Balaban J connectivity index is 2.99. The number of alkyl halides is 3. The maximum Gasteiger partial charge on any atom is 0.124 e. The highest BCUT2D eigenvalue weighted by Gasteiger charge is 2.15. The lowest BCUT2D eigenvalue weighted by Gasteiger charge is -2.11. The second-order valence-electron chi connectivity index (χ2n) is 5.61. The lowest BCUT2D eigenvalue weighted by molar-refractivity contribution is 0.538. The highest BCUT2D eigenvalue weighted by atomic mass is 127. The standard InChI is InChI=1S/C16H31I3/c1-2-3-4-5-6-7-8-9-10-11-12-13-14-15-16(17,18)19/h2-15H2,1H3. The van der Waals surface area contributed by atoms with E-state index in [0.717, 1.165) is 0 Å². The molecule has 0 unspecified atom stereocenters. The summed E-state index contributed by atoms with van der Waals surface area (Å²) in [5.41, 5.74) is 0. The van der Waals surface area contributed by atoms with Crippen LogP contribution in [0.4, 0.5) is 0 Å². The molecule has 0 aliphatic carbocycles.